The van der Waals surface area contributed by atoms with E-state index in [0.29, 0.717) is 0 Å². The summed E-state index contributed by atoms with van der Waals surface area (Å²) < 4.78 is 0. The van der Waals surface area contributed by atoms with Gasteiger partial charge in [-0.3, -0.25) is 0 Å². The molecule has 4 heteroatoms. The van der Waals surface area contributed by atoms with Crippen LogP contribution in [-0.2, 0) is 0 Å². The minimum Gasteiger partial charge on any atom is -0.478 e. The van der Waals surface area contributed by atoms with Gasteiger partial charge in [0.05, 0.1) is 10.6 Å². The second-order valence-corrected chi connectivity index (χ2v) is 11.7. The summed E-state index contributed by atoms with van der Waals surface area (Å²) in [5.41, 5.74) is 0.143. The Bertz CT molecular complexity index is 455. The van der Waals surface area contributed by atoms with Crippen molar-refractivity contribution < 1.29 is 9.90 Å². The number of rotatable bonds is 11. The number of aromatic carboxylic acids is 1. The van der Waals surface area contributed by atoms with Crippen molar-refractivity contribution in [2.75, 3.05) is 24.6 Å². The molecule has 1 aromatic carbocycles. The van der Waals surface area contributed by atoms with Gasteiger partial charge in [0.15, 0.2) is 0 Å². The molecule has 2 nitrogen and oxygen atoms in total. The Labute approximate surface area is 160 Å². The van der Waals surface area contributed by atoms with E-state index in [-0.39, 0.29) is 10.6 Å². The summed E-state index contributed by atoms with van der Waals surface area (Å²) in [6.45, 7) is 9.46. The highest BCUT2D eigenvalue weighted by molar-refractivity contribution is 7.75. The first-order valence-electron chi connectivity index (χ1n) is 9.79. The van der Waals surface area contributed by atoms with Crippen LogP contribution in [0.1, 0.15) is 76.6 Å². The van der Waals surface area contributed by atoms with Gasteiger partial charge in [-0.1, -0.05) is 70.7 Å². The van der Waals surface area contributed by atoms with Crippen LogP contribution >= 0.6 is 18.9 Å². The lowest BCUT2D eigenvalue weighted by Crippen LogP contribution is -2.11. The molecule has 0 aromatic heterocycles. The number of carbonyl (C=O) groups is 1. The number of hydrogen-bond acceptors (Lipinski definition) is 1. The van der Waals surface area contributed by atoms with Crippen molar-refractivity contribution in [1.29, 1.82) is 0 Å². The third-order valence-corrected chi connectivity index (χ3v) is 10.2. The Balaban J connectivity index is 0.000000496. The summed E-state index contributed by atoms with van der Waals surface area (Å²) in [4.78, 5) is 10.3. The van der Waals surface area contributed by atoms with E-state index >= 15 is 0 Å². The van der Waals surface area contributed by atoms with E-state index in [1.165, 1.54) is 50.8 Å². The van der Waals surface area contributed by atoms with Crippen LogP contribution in [0.2, 0.25) is 5.02 Å². The van der Waals surface area contributed by atoms with Gasteiger partial charge in [0.1, 0.15) is 0 Å². The molecular formula is C21H37ClO2P. The van der Waals surface area contributed by atoms with Crippen LogP contribution in [0.15, 0.2) is 24.3 Å². The van der Waals surface area contributed by atoms with Gasteiger partial charge >= 0.3 is 5.97 Å². The second kappa shape index (κ2) is 14.6. The molecule has 145 valence electrons. The lowest BCUT2D eigenvalue weighted by molar-refractivity contribution is 0.0697. The number of carboxylic acids is 1. The van der Waals surface area contributed by atoms with Gasteiger partial charge in [-0.2, -0.15) is 0 Å². The molecule has 0 aliphatic carbocycles. The van der Waals surface area contributed by atoms with Crippen LogP contribution < -0.4 is 0 Å². The van der Waals surface area contributed by atoms with E-state index < -0.39 is 13.2 Å². The highest BCUT2D eigenvalue weighted by Gasteiger charge is 2.23. The predicted octanol–water partition coefficient (Wildman–Crippen LogP) is 7.46. The Morgan fingerprint density at radius 1 is 0.920 bits per heavy atom. The van der Waals surface area contributed by atoms with Gasteiger partial charge in [0.25, 0.3) is 0 Å². The Morgan fingerprint density at radius 3 is 1.64 bits per heavy atom. The molecule has 0 aliphatic rings. The van der Waals surface area contributed by atoms with Crippen molar-refractivity contribution in [3.63, 3.8) is 0 Å². The summed E-state index contributed by atoms with van der Waals surface area (Å²) in [5, 5.41) is 8.75. The highest BCUT2D eigenvalue weighted by Crippen LogP contribution is 2.60. The molecule has 0 fully saturated rings. The standard InChI is InChI=1S/C14H32P.C7H5ClO2/c1-5-9-12-15(8-4,13-10-6-2)14-11-7-3;8-6-4-2-1-3-5(6)7(9)10/h5-14H2,1-4H3;1-4H,(H,9,10). The second-order valence-electron chi connectivity index (χ2n) is 6.67. The minimum atomic E-state index is -0.995. The summed E-state index contributed by atoms with van der Waals surface area (Å²) in [5.74, 6) is -0.995. The maximum absolute atomic E-state index is 10.3. The van der Waals surface area contributed by atoms with Gasteiger partial charge < -0.3 is 5.11 Å². The quantitative estimate of drug-likeness (QED) is 0.400. The van der Waals surface area contributed by atoms with E-state index in [2.05, 4.69) is 27.7 Å². The SMILES string of the molecule is CCCC[P](CC)(CCCC)CCCC.O=C(O)c1ccccc1Cl. The molecule has 0 spiro atoms. The Morgan fingerprint density at radius 2 is 1.36 bits per heavy atom. The van der Waals surface area contributed by atoms with Crippen LogP contribution in [0.25, 0.3) is 0 Å². The van der Waals surface area contributed by atoms with Crippen LogP contribution in [0.4, 0.5) is 0 Å². The lowest BCUT2D eigenvalue weighted by atomic mass is 10.2. The fourth-order valence-corrected chi connectivity index (χ4v) is 7.72. The molecule has 0 aliphatic heterocycles. The molecule has 0 heterocycles. The van der Waals surface area contributed by atoms with Crippen LogP contribution in [0, 0.1) is 0 Å². The normalized spacial score (nSPS) is 10.9. The predicted molar refractivity (Wildman–Crippen MR) is 115 cm³/mol. The third-order valence-electron chi connectivity index (χ3n) is 4.73. The molecule has 1 N–H and O–H groups in total. The molecule has 0 unspecified atom stereocenters. The number of unbranched alkanes of at least 4 members (excludes halogenated alkanes) is 3. The number of benzene rings is 1. The number of carboxylic acid groups (broad SMARTS) is 1. The highest BCUT2D eigenvalue weighted by atomic mass is 35.5. The maximum atomic E-state index is 10.3. The number of hydrogen-bond donors (Lipinski definition) is 1. The summed E-state index contributed by atoms with van der Waals surface area (Å²) in [6.07, 6.45) is 14.9. The first-order valence-corrected chi connectivity index (χ1v) is 12.7. The van der Waals surface area contributed by atoms with Crippen molar-refractivity contribution in [3.8, 4) is 0 Å². The average molecular weight is 388 g/mol. The Kier molecular flexibility index (Phi) is 14.2. The van der Waals surface area contributed by atoms with Crippen molar-refractivity contribution in [2.45, 2.75) is 66.2 Å². The van der Waals surface area contributed by atoms with Gasteiger partial charge in [0.2, 0.25) is 0 Å². The molecule has 0 saturated carbocycles. The molecule has 1 rings (SSSR count). The molecule has 0 saturated heterocycles. The van der Waals surface area contributed by atoms with E-state index in [1.54, 1.807) is 36.7 Å². The van der Waals surface area contributed by atoms with Gasteiger partial charge in [-0.25, -0.2) is 4.79 Å². The third kappa shape index (κ3) is 10.2. The smallest absolute Gasteiger partial charge is 0.337 e. The summed E-state index contributed by atoms with van der Waals surface area (Å²) in [7, 11) is -0.527. The fraction of sp³-hybridized carbons (Fsp3) is 0.667. The molecule has 0 bridgehead atoms. The summed E-state index contributed by atoms with van der Waals surface area (Å²) in [6, 6.07) is 6.33. The van der Waals surface area contributed by atoms with Crippen molar-refractivity contribution in [3.05, 3.63) is 34.9 Å². The van der Waals surface area contributed by atoms with Crippen LogP contribution in [0.3, 0.4) is 0 Å². The minimum absolute atomic E-state index is 0.143. The molecule has 25 heavy (non-hydrogen) atoms. The number of halogens is 1. The summed E-state index contributed by atoms with van der Waals surface area (Å²) >= 11 is 5.54. The van der Waals surface area contributed by atoms with Crippen molar-refractivity contribution >= 4 is 24.8 Å². The molecule has 0 amide bonds. The van der Waals surface area contributed by atoms with Gasteiger partial charge in [-0.15, -0.1) is 7.26 Å². The topological polar surface area (TPSA) is 37.3 Å². The first-order chi connectivity index (χ1) is 12.0. The van der Waals surface area contributed by atoms with E-state index in [4.69, 9.17) is 16.7 Å². The monoisotopic (exact) mass is 387 g/mol. The molecule has 0 atom stereocenters. The van der Waals surface area contributed by atoms with Crippen LogP contribution in [-0.4, -0.2) is 35.7 Å². The fourth-order valence-electron chi connectivity index (χ4n) is 2.92. The van der Waals surface area contributed by atoms with E-state index in [0.717, 1.165) is 0 Å². The lowest BCUT2D eigenvalue weighted by Gasteiger charge is -2.36. The van der Waals surface area contributed by atoms with Crippen molar-refractivity contribution in [1.82, 2.24) is 0 Å². The largest absolute Gasteiger partial charge is 0.478 e. The molecule has 1 radical (unpaired) electrons. The molecular weight excluding hydrogens is 351 g/mol. The zero-order valence-electron chi connectivity index (χ0n) is 16.6. The Hall–Kier alpha value is -0.590. The van der Waals surface area contributed by atoms with Gasteiger partial charge in [-0.05, 0) is 56.0 Å². The maximum Gasteiger partial charge on any atom is 0.337 e. The van der Waals surface area contributed by atoms with Crippen LogP contribution in [0.5, 0.6) is 0 Å². The zero-order chi connectivity index (χ0) is 19.1. The van der Waals surface area contributed by atoms with Gasteiger partial charge in [0, 0.05) is 0 Å². The zero-order valence-corrected chi connectivity index (χ0v) is 18.2. The van der Waals surface area contributed by atoms with Crippen molar-refractivity contribution in [2.24, 2.45) is 0 Å². The molecule has 1 aromatic rings. The van der Waals surface area contributed by atoms with E-state index in [9.17, 15) is 4.79 Å². The first kappa shape index (κ1) is 24.4. The average Bonchev–Trinajstić information content (AvgIpc) is 2.62. The van der Waals surface area contributed by atoms with E-state index in [1.807, 2.05) is 0 Å².